The summed E-state index contributed by atoms with van der Waals surface area (Å²) in [5, 5.41) is 29.0. The van der Waals surface area contributed by atoms with Crippen LogP contribution in [0.4, 0.5) is 10.1 Å². The Hall–Kier alpha value is -7.96. The monoisotopic (exact) mass is 958 g/mol. The number of nitrogens with zero attached hydrogens (tertiary/aromatic N) is 6. The zero-order valence-corrected chi connectivity index (χ0v) is 40.0. The molecule has 0 bridgehead atoms. The van der Waals surface area contributed by atoms with Crippen LogP contribution in [0.1, 0.15) is 88.1 Å². The zero-order chi connectivity index (χ0) is 50.3. The van der Waals surface area contributed by atoms with Gasteiger partial charge in [0, 0.05) is 85.6 Å². The molecule has 6 rings (SSSR count). The van der Waals surface area contributed by atoms with Gasteiger partial charge in [0.1, 0.15) is 44.0 Å². The second kappa shape index (κ2) is 24.4. The number of hydrogen-bond donors (Lipinski definition) is 6. The van der Waals surface area contributed by atoms with Crippen LogP contribution in [-0.4, -0.2) is 116 Å². The molecule has 0 unspecified atom stereocenters. The van der Waals surface area contributed by atoms with Crippen molar-refractivity contribution in [1.82, 2.24) is 35.5 Å². The number of unbranched alkanes of at least 4 members (excludes halogenated alkanes) is 3. The Labute approximate surface area is 405 Å². The summed E-state index contributed by atoms with van der Waals surface area (Å²) in [4.78, 5) is 69.0. The molecule has 0 fully saturated rings. The van der Waals surface area contributed by atoms with Crippen LogP contribution in [0.5, 0.6) is 0 Å². The molecule has 0 saturated heterocycles. The lowest BCUT2D eigenvalue weighted by Crippen LogP contribution is -2.44. The molecule has 19 heteroatoms. The summed E-state index contributed by atoms with van der Waals surface area (Å²) >= 11 is 0. The Morgan fingerprint density at radius 2 is 1.57 bits per heavy atom. The van der Waals surface area contributed by atoms with Crippen molar-refractivity contribution in [1.29, 1.82) is 0 Å². The number of anilines is 1. The Balaban J connectivity index is 0.907. The average molecular weight is 959 g/mol. The number of carboxylic acids is 1. The largest absolute Gasteiger partial charge is 0.478 e. The smallest absolute Gasteiger partial charge is 0.336 e. The molecule has 1 aliphatic heterocycles. The summed E-state index contributed by atoms with van der Waals surface area (Å²) in [5.74, 6) is -2.27. The third-order valence-electron chi connectivity index (χ3n) is 11.7. The summed E-state index contributed by atoms with van der Waals surface area (Å²) in [7, 11) is 7.76. The Morgan fingerprint density at radius 1 is 0.843 bits per heavy atom. The molecule has 1 atom stereocenters. The lowest BCUT2D eigenvalue weighted by molar-refractivity contribution is -0.121. The second-order valence-corrected chi connectivity index (χ2v) is 17.3. The van der Waals surface area contributed by atoms with Crippen molar-refractivity contribution in [3.8, 4) is 28.1 Å². The maximum absolute atomic E-state index is 13.2. The minimum atomic E-state index is -1.15. The molecule has 70 heavy (non-hydrogen) atoms. The summed E-state index contributed by atoms with van der Waals surface area (Å²) in [6.45, 7) is 0.246. The third-order valence-corrected chi connectivity index (χ3v) is 11.7. The first-order valence-electron chi connectivity index (χ1n) is 23.2. The van der Waals surface area contributed by atoms with E-state index < -0.39 is 30.5 Å². The molecule has 4 aromatic rings. The van der Waals surface area contributed by atoms with E-state index in [1.165, 1.54) is 6.07 Å². The number of amidine groups is 1. The predicted molar refractivity (Wildman–Crippen MR) is 267 cm³/mol. The fraction of sp³-hybridized carbons (Fsp3) is 0.353. The number of halogens is 1. The first-order chi connectivity index (χ1) is 33.6. The van der Waals surface area contributed by atoms with Gasteiger partial charge in [0.15, 0.2) is 0 Å². The normalized spacial score (nSPS) is 11.9. The number of alkyl halides is 1. The summed E-state index contributed by atoms with van der Waals surface area (Å²) in [6.07, 6.45) is 6.94. The fourth-order valence-corrected chi connectivity index (χ4v) is 7.83. The number of carboxylic acid groups (broad SMARTS) is 1. The van der Waals surface area contributed by atoms with Gasteiger partial charge in [0.05, 0.1) is 29.2 Å². The summed E-state index contributed by atoms with van der Waals surface area (Å²) in [6, 6.07) is 22.1. The van der Waals surface area contributed by atoms with Gasteiger partial charge in [-0.2, -0.15) is 0 Å². The topological polar surface area (TPSA) is 256 Å². The molecule has 2 aliphatic rings. The lowest BCUT2D eigenvalue weighted by atomic mass is 9.89. The number of hydrogen-bond acceptors (Lipinski definition) is 10. The van der Waals surface area contributed by atoms with E-state index in [-0.39, 0.29) is 41.7 Å². The van der Waals surface area contributed by atoms with Crippen molar-refractivity contribution in [2.45, 2.75) is 63.8 Å². The highest BCUT2D eigenvalue weighted by Gasteiger charge is 2.24. The van der Waals surface area contributed by atoms with Crippen molar-refractivity contribution in [2.75, 3.05) is 59.4 Å². The Morgan fingerprint density at radius 3 is 2.27 bits per heavy atom. The zero-order valence-electron chi connectivity index (χ0n) is 40.0. The molecule has 0 spiro atoms. The van der Waals surface area contributed by atoms with Crippen molar-refractivity contribution in [3.63, 3.8) is 0 Å². The van der Waals surface area contributed by atoms with Crippen molar-refractivity contribution >= 4 is 52.1 Å². The number of aromatic nitrogens is 3. The van der Waals surface area contributed by atoms with E-state index in [1.807, 2.05) is 74.1 Å². The third kappa shape index (κ3) is 13.6. The molecule has 2 heterocycles. The van der Waals surface area contributed by atoms with E-state index in [0.29, 0.717) is 78.9 Å². The Kier molecular flexibility index (Phi) is 17.9. The first-order valence-corrected chi connectivity index (χ1v) is 23.2. The highest BCUT2D eigenvalue weighted by molar-refractivity contribution is 6.09. The maximum Gasteiger partial charge on any atom is 0.336 e. The van der Waals surface area contributed by atoms with Crippen LogP contribution in [0.2, 0.25) is 0 Å². The van der Waals surface area contributed by atoms with Crippen molar-refractivity contribution in [3.05, 3.63) is 113 Å². The average Bonchev–Trinajstić information content (AvgIpc) is 3.83. The number of carbonyl (C=O) groups excluding carboxylic acids is 4. The molecule has 0 saturated carbocycles. The SMILES string of the molecule is CN(C)c1ccc2c(-c3ccc(C(=O)NCCCCCNC(=O)CCCCc4cn(-c5ccc(C(=O)N[C@@H](CCCN=C(N)CF)C(N)=O)cc5)nn4)cc3C(=O)O)c3ccc(=[N+](C)C)cc-3oc2c1. The van der Waals surface area contributed by atoms with Crippen molar-refractivity contribution < 1.29 is 37.9 Å². The highest BCUT2D eigenvalue weighted by atomic mass is 19.1. The molecular weight excluding hydrogens is 898 g/mol. The molecule has 368 valence electrons. The quantitative estimate of drug-likeness (QED) is 0.0159. The molecule has 8 N–H and O–H groups in total. The minimum Gasteiger partial charge on any atom is -0.478 e. The molecule has 1 aliphatic carbocycles. The van der Waals surface area contributed by atoms with E-state index in [4.69, 9.17) is 15.9 Å². The number of rotatable bonds is 24. The lowest BCUT2D eigenvalue weighted by Gasteiger charge is -2.19. The molecule has 3 aromatic carbocycles. The number of aryl methyl sites for hydroxylation is 1. The van der Waals surface area contributed by atoms with Crippen LogP contribution >= 0.6 is 0 Å². The second-order valence-electron chi connectivity index (χ2n) is 17.3. The number of nitrogens with one attached hydrogen (secondary N) is 3. The number of primary amides is 1. The van der Waals surface area contributed by atoms with Gasteiger partial charge in [0.25, 0.3) is 11.8 Å². The predicted octanol–water partition coefficient (Wildman–Crippen LogP) is 4.70. The first kappa shape index (κ1) is 51.4. The van der Waals surface area contributed by atoms with E-state index in [2.05, 4.69) is 31.3 Å². The van der Waals surface area contributed by atoms with Crippen molar-refractivity contribution in [2.24, 2.45) is 16.5 Å². The summed E-state index contributed by atoms with van der Waals surface area (Å²) < 4.78 is 22.4. The van der Waals surface area contributed by atoms with Gasteiger partial charge in [-0.05, 0) is 112 Å². The van der Waals surface area contributed by atoms with Gasteiger partial charge in [-0.1, -0.05) is 11.3 Å². The van der Waals surface area contributed by atoms with Gasteiger partial charge in [0.2, 0.25) is 17.2 Å². The number of carbonyl (C=O) groups is 5. The van der Waals surface area contributed by atoms with E-state index in [9.17, 15) is 33.5 Å². The molecule has 0 radical (unpaired) electrons. The van der Waals surface area contributed by atoms with Crippen LogP contribution in [0.25, 0.3) is 39.1 Å². The maximum atomic E-state index is 13.2. The van der Waals surface area contributed by atoms with Crippen LogP contribution in [0.3, 0.4) is 0 Å². The van der Waals surface area contributed by atoms with E-state index >= 15 is 0 Å². The van der Waals surface area contributed by atoms with E-state index in [1.54, 1.807) is 47.3 Å². The highest BCUT2D eigenvalue weighted by Crippen LogP contribution is 2.42. The molecule has 4 amide bonds. The Bertz CT molecular complexity index is 2910. The number of amides is 4. The van der Waals surface area contributed by atoms with Gasteiger partial charge >= 0.3 is 5.97 Å². The number of aliphatic imine (C=N–C) groups is 1. The number of fused-ring (bicyclic) bond motifs is 2. The van der Waals surface area contributed by atoms with Crippen LogP contribution in [-0.2, 0) is 16.0 Å². The molecule has 1 aromatic heterocycles. The molecular formula is C51H61FN11O7+. The van der Waals surface area contributed by atoms with Crippen LogP contribution in [0.15, 0.2) is 94.5 Å². The standard InChI is InChI=1S/C51H60FN11O7/c1-61(2)36-19-22-39-43(28-36)70-44-29-37(62(3)4)20-23-40(44)47(39)38-21-16-33(27-41(38)51(68)69)49(66)57-25-9-5-8-24-56-46(64)13-7-6-11-34-31-63(60-59-34)35-17-14-32(15-18-35)50(67)58-42(48(54)65)12-10-26-55-45(53)30-52/h14-23,27-29,31,42H,5-13,24-26,30H2,1-4H3,(H7-,53,54,55,56,57,58,64,65,66,67,68,69)/p+1/t42-/m0/s1. The van der Waals surface area contributed by atoms with Crippen LogP contribution < -0.4 is 42.3 Å². The van der Waals surface area contributed by atoms with Gasteiger partial charge < -0.3 is 41.8 Å². The number of nitrogens with two attached hydrogens (primary N) is 2. The fourth-order valence-electron chi connectivity index (χ4n) is 7.83. The minimum absolute atomic E-state index is 0.00178. The van der Waals surface area contributed by atoms with Gasteiger partial charge in [-0.25, -0.2) is 18.4 Å². The van der Waals surface area contributed by atoms with Crippen LogP contribution in [0, 0.1) is 0 Å². The van der Waals surface area contributed by atoms with Gasteiger partial charge in [-0.15, -0.1) is 5.10 Å². The molecule has 18 nitrogen and oxygen atoms in total. The van der Waals surface area contributed by atoms with Gasteiger partial charge in [-0.3, -0.25) is 24.2 Å². The number of aromatic carboxylic acids is 1. The summed E-state index contributed by atoms with van der Waals surface area (Å²) in [5.41, 5.74) is 16.3. The van der Waals surface area contributed by atoms with E-state index in [0.717, 1.165) is 47.0 Å². The number of benzene rings is 4.